The molecule has 1 rings (SSSR count). The van der Waals surface area contributed by atoms with Crippen molar-refractivity contribution in [3.8, 4) is 0 Å². The van der Waals surface area contributed by atoms with Gasteiger partial charge in [-0.25, -0.2) is 0 Å². The highest BCUT2D eigenvalue weighted by Gasteiger charge is 2.24. The topological polar surface area (TPSA) is 75.4 Å². The van der Waals surface area contributed by atoms with Crippen LogP contribution in [0.1, 0.15) is 25.5 Å². The van der Waals surface area contributed by atoms with E-state index in [4.69, 9.17) is 5.73 Å². The van der Waals surface area contributed by atoms with E-state index in [0.29, 0.717) is 0 Å². The molecular weight excluding hydrogens is 322 g/mol. The molecule has 0 saturated heterocycles. The van der Waals surface area contributed by atoms with Gasteiger partial charge in [0.2, 0.25) is 11.8 Å². The van der Waals surface area contributed by atoms with Crippen LogP contribution in [0.3, 0.4) is 0 Å². The summed E-state index contributed by atoms with van der Waals surface area (Å²) in [6.07, 6.45) is 0. The van der Waals surface area contributed by atoms with Crippen LogP contribution in [-0.4, -0.2) is 36.3 Å². The monoisotopic (exact) mass is 341 g/mol. The van der Waals surface area contributed by atoms with Crippen LogP contribution in [0, 0.1) is 0 Å². The Labute approximate surface area is 127 Å². The zero-order valence-electron chi connectivity index (χ0n) is 11.9. The average molecular weight is 342 g/mol. The quantitative estimate of drug-likeness (QED) is 0.821. The molecule has 1 aromatic rings. The molecule has 0 aliphatic rings. The Hall–Kier alpha value is -1.40. The molecule has 6 heteroatoms. The van der Waals surface area contributed by atoms with Gasteiger partial charge < -0.3 is 11.1 Å². The number of benzene rings is 1. The number of rotatable bonds is 6. The van der Waals surface area contributed by atoms with Gasteiger partial charge in [0.05, 0.1) is 6.54 Å². The van der Waals surface area contributed by atoms with Crippen molar-refractivity contribution in [1.82, 2.24) is 10.2 Å². The molecule has 1 unspecified atom stereocenters. The number of primary amides is 1. The average Bonchev–Trinajstić information content (AvgIpc) is 2.26. The molecule has 20 heavy (non-hydrogen) atoms. The number of nitrogens with zero attached hydrogens (tertiary/aromatic N) is 1. The predicted octanol–water partition coefficient (Wildman–Crippen LogP) is 1.43. The molecule has 2 amide bonds. The van der Waals surface area contributed by atoms with Crippen LogP contribution < -0.4 is 11.1 Å². The van der Waals surface area contributed by atoms with E-state index in [1.54, 1.807) is 11.9 Å². The molecule has 3 N–H and O–H groups in total. The molecular formula is C14H20BrN3O2. The molecule has 0 aliphatic heterocycles. The summed E-state index contributed by atoms with van der Waals surface area (Å²) < 4.78 is 0.862. The first-order chi connectivity index (χ1) is 9.31. The highest BCUT2D eigenvalue weighted by atomic mass is 79.9. The molecule has 0 fully saturated rings. The van der Waals surface area contributed by atoms with Crippen molar-refractivity contribution in [3.05, 3.63) is 34.3 Å². The lowest BCUT2D eigenvalue weighted by molar-refractivity contribution is -0.126. The molecule has 1 atom stereocenters. The lowest BCUT2D eigenvalue weighted by Crippen LogP contribution is -2.43. The van der Waals surface area contributed by atoms with E-state index in [9.17, 15) is 9.59 Å². The lowest BCUT2D eigenvalue weighted by atomic mass is 10.1. The lowest BCUT2D eigenvalue weighted by Gasteiger charge is -2.25. The highest BCUT2D eigenvalue weighted by Crippen LogP contribution is 2.22. The zero-order valence-corrected chi connectivity index (χ0v) is 13.5. The summed E-state index contributed by atoms with van der Waals surface area (Å²) in [7, 11) is 1.70. The van der Waals surface area contributed by atoms with Crippen molar-refractivity contribution in [3.63, 3.8) is 0 Å². The van der Waals surface area contributed by atoms with E-state index in [1.165, 1.54) is 0 Å². The maximum atomic E-state index is 11.8. The van der Waals surface area contributed by atoms with E-state index in [1.807, 2.05) is 38.1 Å². The number of likely N-dealkylation sites (N-methyl/N-ethyl adjacent to an activating group) is 1. The second kappa shape index (κ2) is 7.40. The fourth-order valence-corrected chi connectivity index (χ4v) is 2.42. The SMILES string of the molecule is CC(C)NC(=O)CN(C)C(C(N)=O)c1cccc(Br)c1. The van der Waals surface area contributed by atoms with Crippen molar-refractivity contribution in [2.24, 2.45) is 5.73 Å². The molecule has 0 spiro atoms. The van der Waals surface area contributed by atoms with Crippen LogP contribution in [0.15, 0.2) is 28.7 Å². The van der Waals surface area contributed by atoms with Crippen molar-refractivity contribution in [1.29, 1.82) is 0 Å². The summed E-state index contributed by atoms with van der Waals surface area (Å²) in [6.45, 7) is 3.88. The van der Waals surface area contributed by atoms with Gasteiger partial charge in [-0.3, -0.25) is 14.5 Å². The molecule has 0 bridgehead atoms. The van der Waals surface area contributed by atoms with Crippen LogP contribution >= 0.6 is 15.9 Å². The predicted molar refractivity (Wildman–Crippen MR) is 82.0 cm³/mol. The summed E-state index contributed by atoms with van der Waals surface area (Å²) >= 11 is 3.36. The van der Waals surface area contributed by atoms with Crippen LogP contribution in [0.2, 0.25) is 0 Å². The fourth-order valence-electron chi connectivity index (χ4n) is 2.00. The molecule has 0 saturated carbocycles. The van der Waals surface area contributed by atoms with E-state index >= 15 is 0 Å². The Kier molecular flexibility index (Phi) is 6.16. The largest absolute Gasteiger partial charge is 0.368 e. The zero-order chi connectivity index (χ0) is 15.3. The van der Waals surface area contributed by atoms with Crippen molar-refractivity contribution in [2.45, 2.75) is 25.9 Å². The van der Waals surface area contributed by atoms with Gasteiger partial charge in [-0.05, 0) is 38.6 Å². The second-order valence-corrected chi connectivity index (χ2v) is 5.91. The van der Waals surface area contributed by atoms with Crippen LogP contribution in [0.25, 0.3) is 0 Å². The van der Waals surface area contributed by atoms with E-state index in [0.717, 1.165) is 10.0 Å². The van der Waals surface area contributed by atoms with Gasteiger partial charge in [-0.1, -0.05) is 28.1 Å². The van der Waals surface area contributed by atoms with Crippen molar-refractivity contribution in [2.75, 3.05) is 13.6 Å². The van der Waals surface area contributed by atoms with Crippen LogP contribution in [-0.2, 0) is 9.59 Å². The minimum atomic E-state index is -0.634. The number of hydrogen-bond donors (Lipinski definition) is 2. The van der Waals surface area contributed by atoms with Gasteiger partial charge in [0, 0.05) is 10.5 Å². The number of carbonyl (C=O) groups is 2. The Morgan fingerprint density at radius 2 is 2.05 bits per heavy atom. The standard InChI is InChI=1S/C14H20BrN3O2/c1-9(2)17-12(19)8-18(3)13(14(16)20)10-5-4-6-11(15)7-10/h4-7,9,13H,8H2,1-3H3,(H2,16,20)(H,17,19). The molecule has 0 heterocycles. The van der Waals surface area contributed by atoms with Gasteiger partial charge >= 0.3 is 0 Å². The van der Waals surface area contributed by atoms with Crippen LogP contribution in [0.5, 0.6) is 0 Å². The smallest absolute Gasteiger partial charge is 0.239 e. The molecule has 5 nitrogen and oxygen atoms in total. The van der Waals surface area contributed by atoms with Crippen LogP contribution in [0.4, 0.5) is 0 Å². The summed E-state index contributed by atoms with van der Waals surface area (Å²) in [6, 6.07) is 6.77. The molecule has 1 aromatic carbocycles. The van der Waals surface area contributed by atoms with Gasteiger partial charge in [-0.2, -0.15) is 0 Å². The molecule has 0 radical (unpaired) electrons. The van der Waals surface area contributed by atoms with Crippen molar-refractivity contribution >= 4 is 27.7 Å². The second-order valence-electron chi connectivity index (χ2n) is 5.00. The summed E-state index contributed by atoms with van der Waals surface area (Å²) in [5, 5.41) is 2.79. The van der Waals surface area contributed by atoms with Gasteiger partial charge in [0.1, 0.15) is 6.04 Å². The summed E-state index contributed by atoms with van der Waals surface area (Å²) in [5.74, 6) is -0.619. The first-order valence-electron chi connectivity index (χ1n) is 6.35. The van der Waals surface area contributed by atoms with Gasteiger partial charge in [0.25, 0.3) is 0 Å². The highest BCUT2D eigenvalue weighted by molar-refractivity contribution is 9.10. The number of hydrogen-bond acceptors (Lipinski definition) is 3. The van der Waals surface area contributed by atoms with Crippen molar-refractivity contribution < 1.29 is 9.59 Å². The minimum Gasteiger partial charge on any atom is -0.368 e. The van der Waals surface area contributed by atoms with Gasteiger partial charge in [-0.15, -0.1) is 0 Å². The first-order valence-corrected chi connectivity index (χ1v) is 7.15. The van der Waals surface area contributed by atoms with E-state index < -0.39 is 11.9 Å². The molecule has 0 aliphatic carbocycles. The number of halogens is 1. The number of carbonyl (C=O) groups excluding carboxylic acids is 2. The first kappa shape index (κ1) is 16.7. The maximum Gasteiger partial charge on any atom is 0.239 e. The fraction of sp³-hybridized carbons (Fsp3) is 0.429. The normalized spacial score (nSPS) is 12.5. The summed E-state index contributed by atoms with van der Waals surface area (Å²) in [5.41, 5.74) is 6.23. The molecule has 0 aromatic heterocycles. The third-order valence-electron chi connectivity index (χ3n) is 2.72. The minimum absolute atomic E-state index is 0.0637. The van der Waals surface area contributed by atoms with E-state index in [-0.39, 0.29) is 18.5 Å². The van der Waals surface area contributed by atoms with Gasteiger partial charge in [0.15, 0.2) is 0 Å². The Morgan fingerprint density at radius 1 is 1.40 bits per heavy atom. The Morgan fingerprint density at radius 3 is 2.55 bits per heavy atom. The summed E-state index contributed by atoms with van der Waals surface area (Å²) in [4.78, 5) is 25.1. The number of nitrogens with two attached hydrogens (primary N) is 1. The third kappa shape index (κ3) is 4.94. The third-order valence-corrected chi connectivity index (χ3v) is 3.21. The molecule has 110 valence electrons. The Balaban J connectivity index is 2.86. The maximum absolute atomic E-state index is 11.8. The van der Waals surface area contributed by atoms with E-state index in [2.05, 4.69) is 21.2 Å². The number of amides is 2. The Bertz CT molecular complexity index is 491. The number of nitrogens with one attached hydrogen (secondary N) is 1.